The second-order valence-corrected chi connectivity index (χ2v) is 5.25. The van der Waals surface area contributed by atoms with Gasteiger partial charge in [-0.2, -0.15) is 0 Å². The lowest BCUT2D eigenvalue weighted by molar-refractivity contribution is -0.140. The Labute approximate surface area is 116 Å². The predicted octanol–water partition coefficient (Wildman–Crippen LogP) is 1.52. The molecule has 6 heteroatoms. The zero-order valence-corrected chi connectivity index (χ0v) is 11.5. The highest BCUT2D eigenvalue weighted by Gasteiger charge is 2.26. The van der Waals surface area contributed by atoms with Crippen LogP contribution in [0.2, 0.25) is 0 Å². The molecule has 0 aliphatic carbocycles. The van der Waals surface area contributed by atoms with Crippen LogP contribution in [0.25, 0.3) is 0 Å². The number of likely N-dealkylation sites (tertiary alicyclic amines) is 1. The number of nitrogen functional groups attached to an aromatic ring is 1. The first-order valence-corrected chi connectivity index (χ1v) is 7.00. The minimum absolute atomic E-state index is 0.0794. The largest absolute Gasteiger partial charge is 0.497 e. The van der Waals surface area contributed by atoms with E-state index in [-0.39, 0.29) is 17.6 Å². The van der Waals surface area contributed by atoms with Gasteiger partial charge in [-0.05, 0) is 24.6 Å². The average molecular weight is 280 g/mol. The quantitative estimate of drug-likeness (QED) is 0.668. The predicted molar refractivity (Wildman–Crippen MR) is 74.1 cm³/mol. The van der Waals surface area contributed by atoms with E-state index in [0.29, 0.717) is 24.4 Å². The number of amides is 2. The lowest BCUT2D eigenvalue weighted by atomic mass is 10.3. The van der Waals surface area contributed by atoms with E-state index in [9.17, 15) is 9.59 Å². The van der Waals surface area contributed by atoms with Crippen molar-refractivity contribution >= 4 is 29.3 Å². The van der Waals surface area contributed by atoms with Crippen molar-refractivity contribution in [3.63, 3.8) is 0 Å². The Hall–Kier alpha value is -1.69. The Morgan fingerprint density at radius 2 is 2.32 bits per heavy atom. The van der Waals surface area contributed by atoms with Gasteiger partial charge in [-0.15, -0.1) is 11.8 Å². The molecule has 102 valence electrons. The second-order valence-electron chi connectivity index (χ2n) is 4.24. The van der Waals surface area contributed by atoms with Gasteiger partial charge in [0.15, 0.2) is 0 Å². The number of rotatable bonds is 4. The fraction of sp³-hybridized carbons (Fsp3) is 0.385. The molecule has 0 atom stereocenters. The van der Waals surface area contributed by atoms with E-state index in [1.54, 1.807) is 25.3 Å². The van der Waals surface area contributed by atoms with Crippen LogP contribution in [0, 0.1) is 0 Å². The van der Waals surface area contributed by atoms with Crippen molar-refractivity contribution < 1.29 is 14.3 Å². The second kappa shape index (κ2) is 5.97. The van der Waals surface area contributed by atoms with Crippen LogP contribution in [-0.4, -0.2) is 36.1 Å². The van der Waals surface area contributed by atoms with Crippen LogP contribution < -0.4 is 10.5 Å². The number of benzene rings is 1. The summed E-state index contributed by atoms with van der Waals surface area (Å²) in [6, 6.07) is 5.30. The molecule has 2 rings (SSSR count). The molecule has 0 aromatic heterocycles. The van der Waals surface area contributed by atoms with Crippen molar-refractivity contribution in [1.82, 2.24) is 4.90 Å². The maximum Gasteiger partial charge on any atom is 0.239 e. The molecule has 1 aliphatic heterocycles. The highest BCUT2D eigenvalue weighted by atomic mass is 32.2. The van der Waals surface area contributed by atoms with Crippen LogP contribution >= 0.6 is 11.8 Å². The number of ether oxygens (including phenoxy) is 1. The van der Waals surface area contributed by atoms with Gasteiger partial charge < -0.3 is 10.5 Å². The molecule has 1 aromatic rings. The van der Waals surface area contributed by atoms with Gasteiger partial charge in [0.2, 0.25) is 11.8 Å². The summed E-state index contributed by atoms with van der Waals surface area (Å²) >= 11 is 1.33. The lowest BCUT2D eigenvalue weighted by Crippen LogP contribution is -2.33. The van der Waals surface area contributed by atoms with Crippen molar-refractivity contribution in [2.75, 3.05) is 25.1 Å². The van der Waals surface area contributed by atoms with E-state index in [1.807, 2.05) is 0 Å². The Bertz CT molecular complexity index is 505. The summed E-state index contributed by atoms with van der Waals surface area (Å²) < 4.78 is 5.12. The maximum absolute atomic E-state index is 11.9. The molecular weight excluding hydrogens is 264 g/mol. The summed E-state index contributed by atoms with van der Waals surface area (Å²) in [6.07, 6.45) is 1.23. The van der Waals surface area contributed by atoms with Gasteiger partial charge in [0.05, 0.1) is 12.9 Å². The zero-order valence-electron chi connectivity index (χ0n) is 10.7. The van der Waals surface area contributed by atoms with Crippen molar-refractivity contribution in [3.8, 4) is 5.75 Å². The number of anilines is 1. The summed E-state index contributed by atoms with van der Waals surface area (Å²) in [5.74, 6) is 0.670. The van der Waals surface area contributed by atoms with Crippen molar-refractivity contribution in [3.05, 3.63) is 18.2 Å². The molecule has 2 amide bonds. The monoisotopic (exact) mass is 280 g/mol. The SMILES string of the molecule is COc1ccc(N)c(SCC(=O)N2CCCC2=O)c1. The Morgan fingerprint density at radius 3 is 2.95 bits per heavy atom. The molecule has 0 unspecified atom stereocenters. The Morgan fingerprint density at radius 1 is 1.53 bits per heavy atom. The van der Waals surface area contributed by atoms with Gasteiger partial charge in [0.25, 0.3) is 0 Å². The molecule has 0 saturated carbocycles. The number of hydrogen-bond donors (Lipinski definition) is 1. The highest BCUT2D eigenvalue weighted by molar-refractivity contribution is 8.00. The molecule has 1 aromatic carbocycles. The van der Waals surface area contributed by atoms with Gasteiger partial charge in [-0.1, -0.05) is 0 Å². The summed E-state index contributed by atoms with van der Waals surface area (Å²) in [6.45, 7) is 0.534. The smallest absolute Gasteiger partial charge is 0.239 e. The van der Waals surface area contributed by atoms with Crippen molar-refractivity contribution in [1.29, 1.82) is 0 Å². The van der Waals surface area contributed by atoms with Gasteiger partial charge >= 0.3 is 0 Å². The molecule has 1 heterocycles. The van der Waals surface area contributed by atoms with Gasteiger partial charge in [-0.3, -0.25) is 14.5 Å². The molecule has 1 aliphatic rings. The lowest BCUT2D eigenvalue weighted by Gasteiger charge is -2.13. The number of nitrogens with zero attached hydrogens (tertiary/aromatic N) is 1. The molecular formula is C13H16N2O3S. The van der Waals surface area contributed by atoms with Crippen LogP contribution in [0.4, 0.5) is 5.69 Å². The third-order valence-corrected chi connectivity index (χ3v) is 4.00. The number of carbonyl (C=O) groups is 2. The molecule has 0 bridgehead atoms. The molecule has 0 spiro atoms. The van der Waals surface area contributed by atoms with E-state index in [0.717, 1.165) is 11.3 Å². The third-order valence-electron chi connectivity index (χ3n) is 2.95. The number of thioether (sulfide) groups is 1. The number of imide groups is 1. The first-order chi connectivity index (χ1) is 9.11. The van der Waals surface area contributed by atoms with Gasteiger partial charge in [0.1, 0.15) is 5.75 Å². The van der Waals surface area contributed by atoms with Gasteiger partial charge in [0, 0.05) is 23.5 Å². The van der Waals surface area contributed by atoms with Gasteiger partial charge in [-0.25, -0.2) is 0 Å². The molecule has 1 fully saturated rings. The summed E-state index contributed by atoms with van der Waals surface area (Å²) in [4.78, 5) is 25.5. The highest BCUT2D eigenvalue weighted by Crippen LogP contribution is 2.29. The van der Waals surface area contributed by atoms with E-state index in [1.165, 1.54) is 16.7 Å². The van der Waals surface area contributed by atoms with Crippen LogP contribution in [0.1, 0.15) is 12.8 Å². The van der Waals surface area contributed by atoms with E-state index >= 15 is 0 Å². The van der Waals surface area contributed by atoms with Crippen molar-refractivity contribution in [2.24, 2.45) is 0 Å². The Balaban J connectivity index is 1.98. The molecule has 2 N–H and O–H groups in total. The van der Waals surface area contributed by atoms with Crippen LogP contribution in [0.3, 0.4) is 0 Å². The molecule has 0 radical (unpaired) electrons. The minimum atomic E-state index is -0.158. The number of methoxy groups -OCH3 is 1. The normalized spacial score (nSPS) is 14.8. The van der Waals surface area contributed by atoms with Crippen LogP contribution in [-0.2, 0) is 9.59 Å². The first-order valence-electron chi connectivity index (χ1n) is 6.01. The zero-order chi connectivity index (χ0) is 13.8. The average Bonchev–Trinajstić information content (AvgIpc) is 2.84. The molecule has 19 heavy (non-hydrogen) atoms. The fourth-order valence-electron chi connectivity index (χ4n) is 1.90. The third kappa shape index (κ3) is 3.20. The summed E-state index contributed by atoms with van der Waals surface area (Å²) in [7, 11) is 1.58. The fourth-order valence-corrected chi connectivity index (χ4v) is 2.76. The topological polar surface area (TPSA) is 72.6 Å². The first kappa shape index (κ1) is 13.7. The van der Waals surface area contributed by atoms with E-state index in [4.69, 9.17) is 10.5 Å². The van der Waals surface area contributed by atoms with E-state index < -0.39 is 0 Å². The minimum Gasteiger partial charge on any atom is -0.497 e. The maximum atomic E-state index is 11.9. The number of hydrogen-bond acceptors (Lipinski definition) is 5. The molecule has 5 nitrogen and oxygen atoms in total. The Kier molecular flexibility index (Phi) is 4.31. The van der Waals surface area contributed by atoms with Crippen molar-refractivity contribution in [2.45, 2.75) is 17.7 Å². The van der Waals surface area contributed by atoms with E-state index in [2.05, 4.69) is 0 Å². The summed E-state index contributed by atoms with van der Waals surface area (Å²) in [5.41, 5.74) is 6.45. The van der Waals surface area contributed by atoms with Crippen LogP contribution in [0.15, 0.2) is 23.1 Å². The summed E-state index contributed by atoms with van der Waals surface area (Å²) in [5, 5.41) is 0. The molecule has 1 saturated heterocycles. The van der Waals surface area contributed by atoms with Crippen LogP contribution in [0.5, 0.6) is 5.75 Å². The standard InChI is InChI=1S/C13H16N2O3S/c1-18-9-4-5-10(14)11(7-9)19-8-13(17)15-6-2-3-12(15)16/h4-5,7H,2-3,6,8,14H2,1H3. The number of carbonyl (C=O) groups excluding carboxylic acids is 2. The number of nitrogens with two attached hydrogens (primary N) is 1.